The lowest BCUT2D eigenvalue weighted by atomic mass is 9.86. The normalized spacial score (nSPS) is 24.3. The molecule has 3 atom stereocenters. The van der Waals surface area contributed by atoms with Crippen molar-refractivity contribution in [3.05, 3.63) is 70.8 Å². The van der Waals surface area contributed by atoms with Crippen LogP contribution in [0.2, 0.25) is 0 Å². The molecule has 3 unspecified atom stereocenters. The second-order valence-corrected chi connectivity index (χ2v) is 8.52. The molecule has 5 nitrogen and oxygen atoms in total. The highest BCUT2D eigenvalue weighted by atomic mass is 16.6. The third kappa shape index (κ3) is 1.96. The number of fused-ring (bicyclic) bond motifs is 10. The second kappa shape index (κ2) is 5.72. The van der Waals surface area contributed by atoms with Crippen molar-refractivity contribution in [2.75, 3.05) is 0 Å². The number of benzene rings is 3. The van der Waals surface area contributed by atoms with Crippen LogP contribution in [0.25, 0.3) is 32.9 Å². The highest BCUT2D eigenvalue weighted by Crippen LogP contribution is 2.55. The minimum Gasteiger partial charge on any atom is -0.368 e. The molecule has 148 valence electrons. The van der Waals surface area contributed by atoms with Crippen LogP contribution in [0.3, 0.4) is 0 Å². The summed E-state index contributed by atoms with van der Waals surface area (Å²) in [6.45, 7) is 0.547. The third-order valence-electron chi connectivity index (χ3n) is 7.03. The lowest BCUT2D eigenvalue weighted by molar-refractivity contribution is -0.0932. The molecule has 1 aromatic heterocycles. The van der Waals surface area contributed by atoms with E-state index in [1.165, 1.54) is 5.56 Å². The Hall–Kier alpha value is -3.15. The van der Waals surface area contributed by atoms with Crippen molar-refractivity contribution < 1.29 is 14.6 Å². The molecular weight excluding hydrogens is 376 g/mol. The minimum absolute atomic E-state index is 0.00346. The van der Waals surface area contributed by atoms with Crippen molar-refractivity contribution in [2.45, 2.75) is 37.7 Å². The smallest absolute Gasteiger partial charge is 0.252 e. The predicted octanol–water partition coefficient (Wildman–Crippen LogP) is 4.17. The lowest BCUT2D eigenvalue weighted by Gasteiger charge is -2.22. The van der Waals surface area contributed by atoms with Gasteiger partial charge in [0.2, 0.25) is 0 Å². The molecule has 4 aromatic rings. The first kappa shape index (κ1) is 16.6. The van der Waals surface area contributed by atoms with E-state index in [2.05, 4.69) is 34.6 Å². The summed E-state index contributed by atoms with van der Waals surface area (Å²) in [5, 5.41) is 15.4. The van der Waals surface area contributed by atoms with Gasteiger partial charge in [0, 0.05) is 40.7 Å². The van der Waals surface area contributed by atoms with Crippen LogP contribution in [0.4, 0.5) is 0 Å². The van der Waals surface area contributed by atoms with E-state index in [0.29, 0.717) is 13.0 Å². The first-order valence-electron chi connectivity index (χ1n) is 10.5. The second-order valence-electron chi connectivity index (χ2n) is 8.52. The average Bonchev–Trinajstić information content (AvgIpc) is 3.50. The van der Waals surface area contributed by atoms with Gasteiger partial charge in [-0.25, -0.2) is 0 Å². The number of aliphatic hydroxyl groups excluding tert-OH is 1. The summed E-state index contributed by atoms with van der Waals surface area (Å²) in [6, 6.07) is 16.6. The van der Waals surface area contributed by atoms with Gasteiger partial charge in [-0.2, -0.15) is 0 Å². The van der Waals surface area contributed by atoms with Crippen molar-refractivity contribution in [1.29, 1.82) is 0 Å². The zero-order valence-corrected chi connectivity index (χ0v) is 16.2. The van der Waals surface area contributed by atoms with E-state index >= 15 is 0 Å². The van der Waals surface area contributed by atoms with Crippen LogP contribution >= 0.6 is 0 Å². The molecule has 1 saturated heterocycles. The maximum Gasteiger partial charge on any atom is 0.252 e. The van der Waals surface area contributed by atoms with E-state index in [4.69, 9.17) is 4.74 Å². The molecule has 0 saturated carbocycles. The van der Waals surface area contributed by atoms with Crippen molar-refractivity contribution in [3.8, 4) is 11.1 Å². The number of carbonyl (C=O) groups is 1. The van der Waals surface area contributed by atoms with Crippen LogP contribution in [0, 0.1) is 0 Å². The van der Waals surface area contributed by atoms with Crippen molar-refractivity contribution in [2.24, 2.45) is 0 Å². The number of H-pyrrole nitrogens is 1. The van der Waals surface area contributed by atoms with Crippen LogP contribution in [0.15, 0.2) is 48.5 Å². The Balaban J connectivity index is 1.66. The van der Waals surface area contributed by atoms with E-state index < -0.39 is 6.29 Å². The Kier molecular flexibility index (Phi) is 3.17. The first-order chi connectivity index (χ1) is 14.7. The van der Waals surface area contributed by atoms with Gasteiger partial charge in [-0.3, -0.25) is 4.79 Å². The molecule has 1 fully saturated rings. The maximum atomic E-state index is 13.0. The molecule has 7 rings (SSSR count). The van der Waals surface area contributed by atoms with Crippen molar-refractivity contribution in [1.82, 2.24) is 10.3 Å². The van der Waals surface area contributed by atoms with E-state index in [1.807, 2.05) is 24.3 Å². The molecule has 5 heteroatoms. The summed E-state index contributed by atoms with van der Waals surface area (Å²) < 4.78 is 5.97. The number of carbonyl (C=O) groups excluding carboxylic acids is 1. The van der Waals surface area contributed by atoms with Gasteiger partial charge in [-0.05, 0) is 34.7 Å². The molecule has 0 radical (unpaired) electrons. The zero-order chi connectivity index (χ0) is 20.0. The quantitative estimate of drug-likeness (QED) is 0.452. The fraction of sp³-hybridized carbons (Fsp3) is 0.240. The number of aromatic nitrogens is 1. The van der Waals surface area contributed by atoms with Crippen LogP contribution in [0.1, 0.15) is 45.8 Å². The van der Waals surface area contributed by atoms with E-state index in [-0.39, 0.29) is 17.9 Å². The van der Waals surface area contributed by atoms with E-state index in [9.17, 15) is 9.90 Å². The van der Waals surface area contributed by atoms with Crippen LogP contribution in [-0.2, 0) is 11.3 Å². The van der Waals surface area contributed by atoms with Gasteiger partial charge in [-0.1, -0.05) is 42.5 Å². The zero-order valence-electron chi connectivity index (χ0n) is 16.2. The average molecular weight is 396 g/mol. The van der Waals surface area contributed by atoms with Gasteiger partial charge >= 0.3 is 0 Å². The Labute approximate surface area is 172 Å². The van der Waals surface area contributed by atoms with Crippen molar-refractivity contribution in [3.63, 3.8) is 0 Å². The Bertz CT molecular complexity index is 1390. The number of ether oxygens (including phenoxy) is 1. The number of rotatable bonds is 1. The molecule has 1 amide bonds. The molecule has 2 aliphatic heterocycles. The fourth-order valence-electron chi connectivity index (χ4n) is 5.90. The van der Waals surface area contributed by atoms with Gasteiger partial charge in [0.25, 0.3) is 5.91 Å². The summed E-state index contributed by atoms with van der Waals surface area (Å²) in [4.78, 5) is 16.7. The Morgan fingerprint density at radius 2 is 1.83 bits per heavy atom. The van der Waals surface area contributed by atoms with Gasteiger partial charge in [-0.15, -0.1) is 0 Å². The van der Waals surface area contributed by atoms with Gasteiger partial charge in [0.05, 0.1) is 17.2 Å². The molecule has 0 spiro atoms. The van der Waals surface area contributed by atoms with Gasteiger partial charge in [0.15, 0.2) is 6.29 Å². The topological polar surface area (TPSA) is 74.4 Å². The monoisotopic (exact) mass is 396 g/mol. The number of amides is 1. The largest absolute Gasteiger partial charge is 0.368 e. The lowest BCUT2D eigenvalue weighted by Crippen LogP contribution is -2.19. The number of hydrogen-bond acceptors (Lipinski definition) is 3. The summed E-state index contributed by atoms with van der Waals surface area (Å²) in [5.41, 5.74) is 8.50. The molecule has 0 bridgehead atoms. The highest BCUT2D eigenvalue weighted by molar-refractivity contribution is 6.19. The summed E-state index contributed by atoms with van der Waals surface area (Å²) in [7, 11) is 0. The van der Waals surface area contributed by atoms with Gasteiger partial charge < -0.3 is 20.1 Å². The summed E-state index contributed by atoms with van der Waals surface area (Å²) >= 11 is 0. The number of hydrogen-bond donors (Lipinski definition) is 3. The Morgan fingerprint density at radius 1 is 1.00 bits per heavy atom. The first-order valence-corrected chi connectivity index (χ1v) is 10.5. The molecule has 30 heavy (non-hydrogen) atoms. The standard InChI is InChI=1S/C25H20N2O3/c28-18-10-9-17(30-18)20-12-5-1-2-6-13(12)21-22-15(11-26-25(22)29)19-14-7-3-4-8-16(14)27-24(19)23(20)21/h1-8,17-18,20,27-28H,9-11H2,(H,26,29). The Morgan fingerprint density at radius 3 is 2.70 bits per heavy atom. The summed E-state index contributed by atoms with van der Waals surface area (Å²) in [5.74, 6) is -0.0149. The molecule has 3 aliphatic rings. The van der Waals surface area contributed by atoms with Crippen LogP contribution in [-0.4, -0.2) is 28.4 Å². The number of nitrogens with one attached hydrogen (secondary N) is 2. The minimum atomic E-state index is -0.720. The van der Waals surface area contributed by atoms with E-state index in [0.717, 1.165) is 56.0 Å². The number of para-hydroxylation sites is 1. The third-order valence-corrected chi connectivity index (χ3v) is 7.03. The molecular formula is C25H20N2O3. The highest BCUT2D eigenvalue weighted by Gasteiger charge is 2.44. The number of aromatic amines is 1. The van der Waals surface area contributed by atoms with Gasteiger partial charge in [0.1, 0.15) is 0 Å². The summed E-state index contributed by atoms with van der Waals surface area (Å²) in [6.07, 6.45) is 0.603. The van der Waals surface area contributed by atoms with Crippen LogP contribution < -0.4 is 5.32 Å². The van der Waals surface area contributed by atoms with Crippen LogP contribution in [0.5, 0.6) is 0 Å². The van der Waals surface area contributed by atoms with Crippen molar-refractivity contribution >= 4 is 27.7 Å². The molecule has 3 aromatic carbocycles. The van der Waals surface area contributed by atoms with E-state index in [1.54, 1.807) is 0 Å². The molecule has 1 aliphatic carbocycles. The maximum absolute atomic E-state index is 13.0. The number of aliphatic hydroxyl groups is 1. The fourth-order valence-corrected chi connectivity index (χ4v) is 5.90. The SMILES string of the molecule is O=C1NCc2c1c1c(c3[nH]c4ccccc4c23)C(C2CCC(O)O2)c2ccccc2-1. The predicted molar refractivity (Wildman–Crippen MR) is 114 cm³/mol. The molecule has 3 heterocycles. The molecule has 3 N–H and O–H groups in total.